The highest BCUT2D eigenvalue weighted by atomic mass is 79.9. The normalized spacial score (nSPS) is 17.2. The van der Waals surface area contributed by atoms with Gasteiger partial charge in [0.1, 0.15) is 0 Å². The summed E-state index contributed by atoms with van der Waals surface area (Å²) in [6.45, 7) is 2.14. The molecule has 7 heteroatoms. The minimum Gasteiger partial charge on any atom is -0.463 e. The Kier molecular flexibility index (Phi) is 8.90. The van der Waals surface area contributed by atoms with Gasteiger partial charge in [-0.05, 0) is 78.7 Å². The van der Waals surface area contributed by atoms with E-state index in [1.807, 2.05) is 61.5 Å². The predicted molar refractivity (Wildman–Crippen MR) is 169 cm³/mol. The highest BCUT2D eigenvalue weighted by molar-refractivity contribution is 9.11. The molecule has 4 aromatic carbocycles. The summed E-state index contributed by atoms with van der Waals surface area (Å²) in [5, 5.41) is 3.60. The van der Waals surface area contributed by atoms with Crippen LogP contribution in [0.1, 0.15) is 36.6 Å². The molecule has 4 aromatic rings. The SMILES string of the molecule is CCOC(=O)C1=C(Nc2ccc(Br)cc2)CC(c2ccc(Br)cc2)N(c2ccccc2)C1c1ccc(Br)cc1. The van der Waals surface area contributed by atoms with Gasteiger partial charge < -0.3 is 15.0 Å². The lowest BCUT2D eigenvalue weighted by Gasteiger charge is -2.46. The van der Waals surface area contributed by atoms with Gasteiger partial charge in [-0.25, -0.2) is 4.79 Å². The number of nitrogens with zero attached hydrogens (tertiary/aromatic N) is 1. The number of carbonyl (C=O) groups excluding carboxylic acids is 1. The number of ether oxygens (including phenoxy) is 1. The first-order valence-corrected chi connectivity index (χ1v) is 15.1. The van der Waals surface area contributed by atoms with E-state index in [2.05, 4.69) is 107 Å². The number of hydrogen-bond donors (Lipinski definition) is 1. The topological polar surface area (TPSA) is 41.6 Å². The van der Waals surface area contributed by atoms with Crippen molar-refractivity contribution < 1.29 is 9.53 Å². The van der Waals surface area contributed by atoms with E-state index in [0.29, 0.717) is 18.6 Å². The van der Waals surface area contributed by atoms with E-state index in [9.17, 15) is 4.79 Å². The average molecular weight is 711 g/mol. The van der Waals surface area contributed by atoms with Crippen molar-refractivity contribution in [3.05, 3.63) is 139 Å². The predicted octanol–water partition coefficient (Wildman–Crippen LogP) is 9.60. The van der Waals surface area contributed by atoms with Crippen LogP contribution in [-0.4, -0.2) is 12.6 Å². The van der Waals surface area contributed by atoms with Crippen molar-refractivity contribution in [2.75, 3.05) is 16.8 Å². The second-order valence-electron chi connectivity index (χ2n) is 9.21. The van der Waals surface area contributed by atoms with Crippen molar-refractivity contribution in [3.63, 3.8) is 0 Å². The Hall–Kier alpha value is -2.87. The van der Waals surface area contributed by atoms with Crippen LogP contribution in [0.2, 0.25) is 0 Å². The van der Waals surface area contributed by atoms with Crippen molar-refractivity contribution >= 4 is 65.1 Å². The van der Waals surface area contributed by atoms with E-state index in [0.717, 1.165) is 41.6 Å². The Balaban J connectivity index is 1.76. The summed E-state index contributed by atoms with van der Waals surface area (Å²) in [4.78, 5) is 16.2. The Morgan fingerprint density at radius 3 is 1.90 bits per heavy atom. The summed E-state index contributed by atoms with van der Waals surface area (Å²) in [5.74, 6) is -0.319. The third-order valence-corrected chi connectivity index (χ3v) is 8.33. The Morgan fingerprint density at radius 1 is 0.795 bits per heavy atom. The number of halogens is 3. The molecular formula is C32H27Br3N2O2. The van der Waals surface area contributed by atoms with Gasteiger partial charge in [-0.15, -0.1) is 0 Å². The molecule has 2 atom stereocenters. The maximum absolute atomic E-state index is 13.8. The first kappa shape index (κ1) is 27.7. The third-order valence-electron chi connectivity index (χ3n) is 6.74. The van der Waals surface area contributed by atoms with Gasteiger partial charge in [0.05, 0.1) is 24.3 Å². The zero-order chi connectivity index (χ0) is 27.4. The molecule has 0 saturated carbocycles. The summed E-state index contributed by atoms with van der Waals surface area (Å²) >= 11 is 10.7. The molecule has 0 fully saturated rings. The van der Waals surface area contributed by atoms with Crippen LogP contribution in [-0.2, 0) is 9.53 Å². The van der Waals surface area contributed by atoms with Gasteiger partial charge in [0.2, 0.25) is 0 Å². The molecule has 198 valence electrons. The molecule has 1 aliphatic rings. The molecule has 4 nitrogen and oxygen atoms in total. The van der Waals surface area contributed by atoms with Gasteiger partial charge >= 0.3 is 5.97 Å². The van der Waals surface area contributed by atoms with E-state index >= 15 is 0 Å². The van der Waals surface area contributed by atoms with Gasteiger partial charge in [-0.1, -0.05) is 90.3 Å². The van der Waals surface area contributed by atoms with Crippen LogP contribution in [0, 0.1) is 0 Å². The zero-order valence-corrected chi connectivity index (χ0v) is 26.0. The van der Waals surface area contributed by atoms with Crippen LogP contribution in [0.5, 0.6) is 0 Å². The van der Waals surface area contributed by atoms with Crippen LogP contribution in [0.3, 0.4) is 0 Å². The molecule has 5 rings (SSSR count). The molecule has 0 aliphatic carbocycles. The minimum absolute atomic E-state index is 0.0507. The molecule has 2 unspecified atom stereocenters. The largest absolute Gasteiger partial charge is 0.463 e. The lowest BCUT2D eigenvalue weighted by molar-refractivity contribution is -0.139. The summed E-state index contributed by atoms with van der Waals surface area (Å²) in [7, 11) is 0. The maximum atomic E-state index is 13.8. The number of hydrogen-bond acceptors (Lipinski definition) is 4. The summed E-state index contributed by atoms with van der Waals surface area (Å²) in [6.07, 6.45) is 0.591. The van der Waals surface area contributed by atoms with Gasteiger partial charge in [-0.2, -0.15) is 0 Å². The number of nitrogens with one attached hydrogen (secondary N) is 1. The van der Waals surface area contributed by atoms with Crippen LogP contribution in [0.15, 0.2) is 128 Å². The zero-order valence-electron chi connectivity index (χ0n) is 21.3. The lowest BCUT2D eigenvalue weighted by atomic mass is 9.84. The fourth-order valence-electron chi connectivity index (χ4n) is 5.02. The Bertz CT molecular complexity index is 1450. The number of para-hydroxylation sites is 1. The van der Waals surface area contributed by atoms with Gasteiger partial charge in [-0.3, -0.25) is 0 Å². The van der Waals surface area contributed by atoms with E-state index in [4.69, 9.17) is 4.74 Å². The molecule has 1 heterocycles. The molecule has 0 spiro atoms. The average Bonchev–Trinajstić information content (AvgIpc) is 2.95. The number of rotatable bonds is 7. The fraction of sp³-hybridized carbons (Fsp3) is 0.156. The first-order chi connectivity index (χ1) is 18.9. The molecule has 0 radical (unpaired) electrons. The fourth-order valence-corrected chi connectivity index (χ4v) is 5.81. The monoisotopic (exact) mass is 708 g/mol. The minimum atomic E-state index is -0.389. The molecule has 39 heavy (non-hydrogen) atoms. The molecule has 0 aromatic heterocycles. The van der Waals surface area contributed by atoms with Crippen LogP contribution in [0.4, 0.5) is 11.4 Å². The Labute approximate surface area is 254 Å². The quantitative estimate of drug-likeness (QED) is 0.194. The van der Waals surface area contributed by atoms with Crippen molar-refractivity contribution in [2.24, 2.45) is 0 Å². The molecule has 0 saturated heterocycles. The van der Waals surface area contributed by atoms with Crippen LogP contribution < -0.4 is 10.2 Å². The number of carbonyl (C=O) groups is 1. The number of esters is 1. The van der Waals surface area contributed by atoms with Gasteiger partial charge in [0, 0.05) is 36.9 Å². The van der Waals surface area contributed by atoms with Crippen molar-refractivity contribution in [1.82, 2.24) is 0 Å². The van der Waals surface area contributed by atoms with E-state index in [1.54, 1.807) is 0 Å². The van der Waals surface area contributed by atoms with Gasteiger partial charge in [0.15, 0.2) is 0 Å². The van der Waals surface area contributed by atoms with E-state index in [-0.39, 0.29) is 18.1 Å². The van der Waals surface area contributed by atoms with Gasteiger partial charge in [0.25, 0.3) is 0 Å². The highest BCUT2D eigenvalue weighted by Crippen LogP contribution is 2.48. The number of anilines is 2. The molecule has 1 aliphatic heterocycles. The molecule has 0 bridgehead atoms. The van der Waals surface area contributed by atoms with Crippen LogP contribution >= 0.6 is 47.8 Å². The van der Waals surface area contributed by atoms with Crippen molar-refractivity contribution in [3.8, 4) is 0 Å². The lowest BCUT2D eigenvalue weighted by Crippen LogP contribution is -2.41. The van der Waals surface area contributed by atoms with Crippen molar-refractivity contribution in [2.45, 2.75) is 25.4 Å². The summed E-state index contributed by atoms with van der Waals surface area (Å²) in [5.41, 5.74) is 5.56. The first-order valence-electron chi connectivity index (χ1n) is 12.7. The highest BCUT2D eigenvalue weighted by Gasteiger charge is 2.41. The number of benzene rings is 4. The standard InChI is InChI=1S/C32H27Br3N2O2/c1-2-39-32(38)30-28(36-26-18-16-25(35)17-19-26)20-29(21-8-12-23(33)13-9-21)37(27-6-4-3-5-7-27)31(30)22-10-14-24(34)15-11-22/h3-19,29,31,36H,2,20H2,1H3. The second-order valence-corrected chi connectivity index (χ2v) is 12.0. The van der Waals surface area contributed by atoms with Crippen LogP contribution in [0.25, 0.3) is 0 Å². The van der Waals surface area contributed by atoms with E-state index in [1.165, 1.54) is 0 Å². The smallest absolute Gasteiger partial charge is 0.338 e. The maximum Gasteiger partial charge on any atom is 0.338 e. The molecule has 1 N–H and O–H groups in total. The summed E-state index contributed by atoms with van der Waals surface area (Å²) in [6, 6.07) is 34.5. The summed E-state index contributed by atoms with van der Waals surface area (Å²) < 4.78 is 8.69. The second kappa shape index (κ2) is 12.5. The third kappa shape index (κ3) is 6.32. The molecular weight excluding hydrogens is 684 g/mol. The Morgan fingerprint density at radius 2 is 1.33 bits per heavy atom. The molecule has 0 amide bonds. The van der Waals surface area contributed by atoms with Crippen molar-refractivity contribution in [1.29, 1.82) is 0 Å². The van der Waals surface area contributed by atoms with E-state index < -0.39 is 0 Å².